The molecule has 1 N–H and O–H groups in total. The molecular weight excluding hydrogens is 254 g/mol. The van der Waals surface area contributed by atoms with Crippen LogP contribution in [-0.2, 0) is 17.3 Å². The van der Waals surface area contributed by atoms with Gasteiger partial charge in [-0.15, -0.1) is 0 Å². The van der Waals surface area contributed by atoms with Crippen molar-refractivity contribution in [3.63, 3.8) is 0 Å². The van der Waals surface area contributed by atoms with Crippen LogP contribution in [0.5, 0.6) is 0 Å². The van der Waals surface area contributed by atoms with E-state index in [0.717, 1.165) is 17.9 Å². The van der Waals surface area contributed by atoms with Gasteiger partial charge in [-0.25, -0.2) is 8.78 Å². The SMILES string of the molecule is CO.CS(=O)CCn1nc(C=O)cc1C(F)F. The summed E-state index contributed by atoms with van der Waals surface area (Å²) in [5.74, 6) is 0.236. The first-order valence-electron chi connectivity index (χ1n) is 4.60. The van der Waals surface area contributed by atoms with Crippen LogP contribution in [0.25, 0.3) is 0 Å². The predicted molar refractivity (Wildman–Crippen MR) is 59.6 cm³/mol. The second kappa shape index (κ2) is 8.02. The number of halogens is 2. The van der Waals surface area contributed by atoms with E-state index in [0.29, 0.717) is 6.29 Å². The van der Waals surface area contributed by atoms with E-state index >= 15 is 0 Å². The fourth-order valence-corrected chi connectivity index (χ4v) is 1.51. The highest BCUT2D eigenvalue weighted by Gasteiger charge is 2.16. The largest absolute Gasteiger partial charge is 0.400 e. The summed E-state index contributed by atoms with van der Waals surface area (Å²) in [5.41, 5.74) is -0.352. The van der Waals surface area contributed by atoms with Crippen molar-refractivity contribution in [2.24, 2.45) is 0 Å². The van der Waals surface area contributed by atoms with Crippen LogP contribution in [0.2, 0.25) is 0 Å². The summed E-state index contributed by atoms with van der Waals surface area (Å²) in [7, 11) is -0.0743. The van der Waals surface area contributed by atoms with Crippen molar-refractivity contribution in [1.29, 1.82) is 0 Å². The molecule has 0 bridgehead atoms. The molecular formula is C9H14F2N2O3S. The summed E-state index contributed by atoms with van der Waals surface area (Å²) in [6.45, 7) is 0.122. The third kappa shape index (κ3) is 5.14. The molecule has 0 radical (unpaired) electrons. The summed E-state index contributed by atoms with van der Waals surface area (Å²) >= 11 is 0. The number of aromatic nitrogens is 2. The number of aryl methyl sites for hydroxylation is 1. The zero-order valence-electron chi connectivity index (χ0n) is 9.47. The van der Waals surface area contributed by atoms with Gasteiger partial charge in [0, 0.05) is 29.9 Å². The molecule has 1 unspecified atom stereocenters. The van der Waals surface area contributed by atoms with Crippen LogP contribution in [-0.4, -0.2) is 44.5 Å². The predicted octanol–water partition coefficient (Wildman–Crippen LogP) is 0.620. The molecule has 0 aliphatic rings. The minimum absolute atomic E-state index is 0.0350. The second-order valence-corrected chi connectivity index (χ2v) is 4.47. The van der Waals surface area contributed by atoms with Crippen LogP contribution in [0.4, 0.5) is 8.78 Å². The number of alkyl halides is 2. The fourth-order valence-electron chi connectivity index (χ4n) is 1.08. The van der Waals surface area contributed by atoms with Crippen LogP contribution in [0.3, 0.4) is 0 Å². The number of aliphatic hydroxyl groups excluding tert-OH is 1. The number of carbonyl (C=O) groups excluding carboxylic acids is 1. The quantitative estimate of drug-likeness (QED) is 0.795. The third-order valence-electron chi connectivity index (χ3n) is 1.76. The average molecular weight is 268 g/mol. The topological polar surface area (TPSA) is 72.2 Å². The Morgan fingerprint density at radius 1 is 1.59 bits per heavy atom. The molecule has 1 heterocycles. The monoisotopic (exact) mass is 268 g/mol. The van der Waals surface area contributed by atoms with Crippen LogP contribution >= 0.6 is 0 Å². The number of hydrogen-bond donors (Lipinski definition) is 1. The molecule has 5 nitrogen and oxygen atoms in total. The van der Waals surface area contributed by atoms with Crippen molar-refractivity contribution in [3.8, 4) is 0 Å². The minimum Gasteiger partial charge on any atom is -0.400 e. The van der Waals surface area contributed by atoms with Gasteiger partial charge in [0.2, 0.25) is 0 Å². The highest BCUT2D eigenvalue weighted by molar-refractivity contribution is 7.84. The van der Waals surface area contributed by atoms with Gasteiger partial charge in [-0.05, 0) is 6.07 Å². The molecule has 0 aliphatic heterocycles. The van der Waals surface area contributed by atoms with Crippen molar-refractivity contribution in [3.05, 3.63) is 17.5 Å². The van der Waals surface area contributed by atoms with Gasteiger partial charge in [0.15, 0.2) is 6.29 Å². The lowest BCUT2D eigenvalue weighted by Crippen LogP contribution is -2.11. The Balaban J connectivity index is 0.00000121. The Morgan fingerprint density at radius 2 is 2.18 bits per heavy atom. The molecule has 0 fully saturated rings. The number of carbonyl (C=O) groups is 1. The number of aldehydes is 1. The Labute approximate surface area is 99.9 Å². The first-order chi connectivity index (χ1) is 8.04. The first kappa shape index (κ1) is 15.9. The molecule has 8 heteroatoms. The first-order valence-corrected chi connectivity index (χ1v) is 6.33. The maximum Gasteiger partial charge on any atom is 0.280 e. The van der Waals surface area contributed by atoms with E-state index in [2.05, 4.69) is 5.10 Å². The van der Waals surface area contributed by atoms with Crippen LogP contribution in [0.1, 0.15) is 22.6 Å². The van der Waals surface area contributed by atoms with Crippen LogP contribution < -0.4 is 0 Å². The smallest absolute Gasteiger partial charge is 0.280 e. The zero-order chi connectivity index (χ0) is 13.4. The Kier molecular flexibility index (Phi) is 7.47. The number of aliphatic hydroxyl groups is 1. The van der Waals surface area contributed by atoms with Crippen molar-refractivity contribution in [2.75, 3.05) is 19.1 Å². The minimum atomic E-state index is -2.68. The van der Waals surface area contributed by atoms with Crippen molar-refractivity contribution >= 4 is 17.1 Å². The molecule has 0 spiro atoms. The van der Waals surface area contributed by atoms with Gasteiger partial charge in [0.25, 0.3) is 6.43 Å². The zero-order valence-corrected chi connectivity index (χ0v) is 10.3. The number of nitrogens with zero attached hydrogens (tertiary/aromatic N) is 2. The average Bonchev–Trinajstić information content (AvgIpc) is 2.72. The van der Waals surface area contributed by atoms with Gasteiger partial charge >= 0.3 is 0 Å². The van der Waals surface area contributed by atoms with Crippen molar-refractivity contribution < 1.29 is 22.9 Å². The van der Waals surface area contributed by atoms with Crippen molar-refractivity contribution in [1.82, 2.24) is 9.78 Å². The highest BCUT2D eigenvalue weighted by Crippen LogP contribution is 2.19. The summed E-state index contributed by atoms with van der Waals surface area (Å²) in [6, 6.07) is 1.04. The maximum atomic E-state index is 12.4. The van der Waals surface area contributed by atoms with E-state index in [4.69, 9.17) is 5.11 Å². The molecule has 1 atom stereocenters. The molecule has 1 aromatic heterocycles. The van der Waals surface area contributed by atoms with Gasteiger partial charge in [-0.3, -0.25) is 13.7 Å². The summed E-state index contributed by atoms with van der Waals surface area (Å²) in [6.07, 6.45) is -0.797. The summed E-state index contributed by atoms with van der Waals surface area (Å²) < 4.78 is 36.7. The molecule has 0 saturated carbocycles. The van der Waals surface area contributed by atoms with E-state index in [9.17, 15) is 17.8 Å². The summed E-state index contributed by atoms with van der Waals surface area (Å²) in [4.78, 5) is 10.4. The number of hydrogen-bond acceptors (Lipinski definition) is 4. The van der Waals surface area contributed by atoms with E-state index in [1.54, 1.807) is 0 Å². The van der Waals surface area contributed by atoms with Gasteiger partial charge in [-0.2, -0.15) is 5.10 Å². The van der Waals surface area contributed by atoms with Gasteiger partial charge in [0.1, 0.15) is 11.4 Å². The number of rotatable bonds is 5. The van der Waals surface area contributed by atoms with E-state index in [1.165, 1.54) is 6.26 Å². The lowest BCUT2D eigenvalue weighted by molar-refractivity contribution is 0.111. The van der Waals surface area contributed by atoms with E-state index in [-0.39, 0.29) is 23.7 Å². The molecule has 0 amide bonds. The standard InChI is InChI=1S/C8H10F2N2O2S.CH4O/c1-15(14)3-2-12-7(8(9)10)4-6(5-13)11-12;1-2/h4-5,8H,2-3H2,1H3;2H,1H3. The Hall–Kier alpha value is -1.15. The van der Waals surface area contributed by atoms with Gasteiger partial charge in [0.05, 0.1) is 6.54 Å². The third-order valence-corrected chi connectivity index (χ3v) is 2.52. The van der Waals surface area contributed by atoms with E-state index in [1.807, 2.05) is 0 Å². The molecule has 17 heavy (non-hydrogen) atoms. The second-order valence-electron chi connectivity index (χ2n) is 2.91. The van der Waals surface area contributed by atoms with Gasteiger partial charge in [-0.1, -0.05) is 0 Å². The lowest BCUT2D eigenvalue weighted by atomic mass is 10.4. The Morgan fingerprint density at radius 3 is 2.59 bits per heavy atom. The maximum absolute atomic E-state index is 12.4. The van der Waals surface area contributed by atoms with Crippen molar-refractivity contribution in [2.45, 2.75) is 13.0 Å². The molecule has 0 aliphatic carbocycles. The van der Waals surface area contributed by atoms with Crippen LogP contribution in [0, 0.1) is 0 Å². The molecule has 0 aromatic carbocycles. The molecule has 98 valence electrons. The lowest BCUT2D eigenvalue weighted by Gasteiger charge is -2.04. The molecule has 1 aromatic rings. The summed E-state index contributed by atoms with van der Waals surface area (Å²) in [5, 5.41) is 10.7. The highest BCUT2D eigenvalue weighted by atomic mass is 32.2. The Bertz CT molecular complexity index is 382. The van der Waals surface area contributed by atoms with Gasteiger partial charge < -0.3 is 5.11 Å². The normalized spacial score (nSPS) is 11.9. The van der Waals surface area contributed by atoms with E-state index < -0.39 is 17.2 Å². The molecule has 0 saturated heterocycles. The van der Waals surface area contributed by atoms with Crippen LogP contribution in [0.15, 0.2) is 6.07 Å². The fraction of sp³-hybridized carbons (Fsp3) is 0.556. The molecule has 1 rings (SSSR count).